The van der Waals surface area contributed by atoms with Gasteiger partial charge in [-0.2, -0.15) is 4.98 Å². The van der Waals surface area contributed by atoms with Gasteiger partial charge in [-0.1, -0.05) is 6.07 Å². The van der Waals surface area contributed by atoms with Crippen LogP contribution in [0.3, 0.4) is 0 Å². The second-order valence-corrected chi connectivity index (χ2v) is 6.15. The van der Waals surface area contributed by atoms with Gasteiger partial charge in [-0.05, 0) is 19.1 Å². The fraction of sp³-hybridized carbons (Fsp3) is 0.471. The van der Waals surface area contributed by atoms with Crippen LogP contribution in [0.25, 0.3) is 0 Å². The van der Waals surface area contributed by atoms with Crippen molar-refractivity contribution in [3.63, 3.8) is 0 Å². The molecule has 0 radical (unpaired) electrons. The Bertz CT molecular complexity index is 635. The molecule has 0 atom stereocenters. The van der Waals surface area contributed by atoms with E-state index in [0.717, 1.165) is 55.9 Å². The van der Waals surface area contributed by atoms with Gasteiger partial charge in [-0.3, -0.25) is 9.88 Å². The zero-order valence-corrected chi connectivity index (χ0v) is 14.1. The van der Waals surface area contributed by atoms with Crippen molar-refractivity contribution in [2.75, 3.05) is 50.1 Å². The number of rotatable bonds is 4. The van der Waals surface area contributed by atoms with E-state index in [1.54, 1.807) is 0 Å². The van der Waals surface area contributed by atoms with Crippen molar-refractivity contribution >= 4 is 11.8 Å². The molecule has 0 saturated carbocycles. The average Bonchev–Trinajstić information content (AvgIpc) is 2.56. The molecule has 0 aromatic carbocycles. The summed E-state index contributed by atoms with van der Waals surface area (Å²) in [6, 6.07) is 8.10. The summed E-state index contributed by atoms with van der Waals surface area (Å²) in [6.07, 6.45) is 1.86. The van der Waals surface area contributed by atoms with Gasteiger partial charge in [0.25, 0.3) is 0 Å². The third-order valence-electron chi connectivity index (χ3n) is 4.05. The molecule has 3 rings (SSSR count). The lowest BCUT2D eigenvalue weighted by Gasteiger charge is -2.34. The van der Waals surface area contributed by atoms with Gasteiger partial charge in [0.15, 0.2) is 0 Å². The summed E-state index contributed by atoms with van der Waals surface area (Å²) in [5, 5.41) is 0. The lowest BCUT2D eigenvalue weighted by Crippen LogP contribution is -2.46. The van der Waals surface area contributed by atoms with Crippen molar-refractivity contribution in [3.05, 3.63) is 41.9 Å². The van der Waals surface area contributed by atoms with Crippen molar-refractivity contribution in [1.82, 2.24) is 19.9 Å². The van der Waals surface area contributed by atoms with Crippen LogP contribution >= 0.6 is 0 Å². The van der Waals surface area contributed by atoms with Crippen LogP contribution in [-0.4, -0.2) is 60.1 Å². The van der Waals surface area contributed by atoms with Crippen LogP contribution in [0.2, 0.25) is 0 Å². The number of nitrogens with zero attached hydrogens (tertiary/aromatic N) is 6. The molecule has 0 N–H and O–H groups in total. The maximum absolute atomic E-state index is 4.68. The predicted octanol–water partition coefficient (Wildman–Crippen LogP) is 1.57. The lowest BCUT2D eigenvalue weighted by atomic mass is 10.3. The number of aromatic nitrogens is 3. The molecule has 0 unspecified atom stereocenters. The van der Waals surface area contributed by atoms with E-state index >= 15 is 0 Å². The Morgan fingerprint density at radius 1 is 1.09 bits per heavy atom. The lowest BCUT2D eigenvalue weighted by molar-refractivity contribution is 0.246. The standard InChI is InChI=1S/C17H24N6/c1-14-12-16(21(2)3)20-17(19-14)23-10-8-22(9-11-23)13-15-6-4-5-7-18-15/h4-7,12H,8-11,13H2,1-3H3. The molecule has 23 heavy (non-hydrogen) atoms. The molecule has 3 heterocycles. The van der Waals surface area contributed by atoms with Crippen LogP contribution < -0.4 is 9.80 Å². The van der Waals surface area contributed by atoms with E-state index in [1.165, 1.54) is 0 Å². The fourth-order valence-electron chi connectivity index (χ4n) is 2.73. The summed E-state index contributed by atoms with van der Waals surface area (Å²) >= 11 is 0. The highest BCUT2D eigenvalue weighted by molar-refractivity contribution is 5.45. The molecule has 0 bridgehead atoms. The molecule has 6 nitrogen and oxygen atoms in total. The molecular weight excluding hydrogens is 288 g/mol. The highest BCUT2D eigenvalue weighted by atomic mass is 15.3. The molecule has 2 aromatic rings. The van der Waals surface area contributed by atoms with Gasteiger partial charge in [-0.15, -0.1) is 0 Å². The molecule has 1 saturated heterocycles. The minimum Gasteiger partial charge on any atom is -0.363 e. The summed E-state index contributed by atoms with van der Waals surface area (Å²) in [6.45, 7) is 6.84. The first kappa shape index (κ1) is 15.7. The molecule has 0 amide bonds. The maximum atomic E-state index is 4.68. The molecule has 1 aliphatic rings. The number of hydrogen-bond acceptors (Lipinski definition) is 6. The number of aryl methyl sites for hydroxylation is 1. The van der Waals surface area contributed by atoms with E-state index in [2.05, 4.69) is 30.8 Å². The van der Waals surface area contributed by atoms with Crippen LogP contribution in [0.15, 0.2) is 30.5 Å². The SMILES string of the molecule is Cc1cc(N(C)C)nc(N2CCN(Cc3ccccn3)CC2)n1. The highest BCUT2D eigenvalue weighted by Crippen LogP contribution is 2.17. The van der Waals surface area contributed by atoms with Crippen molar-refractivity contribution in [3.8, 4) is 0 Å². The van der Waals surface area contributed by atoms with Crippen molar-refractivity contribution in [1.29, 1.82) is 0 Å². The molecule has 1 fully saturated rings. The first-order valence-electron chi connectivity index (χ1n) is 8.02. The first-order chi connectivity index (χ1) is 11.1. The Labute approximate surface area is 137 Å². The van der Waals surface area contributed by atoms with Gasteiger partial charge < -0.3 is 9.80 Å². The highest BCUT2D eigenvalue weighted by Gasteiger charge is 2.20. The molecule has 0 spiro atoms. The van der Waals surface area contributed by atoms with Crippen molar-refractivity contribution < 1.29 is 0 Å². The normalized spacial score (nSPS) is 15.7. The molecule has 6 heteroatoms. The third-order valence-corrected chi connectivity index (χ3v) is 4.05. The molecular formula is C17H24N6. The Hall–Kier alpha value is -2.21. The van der Waals surface area contributed by atoms with E-state index < -0.39 is 0 Å². The van der Waals surface area contributed by atoms with E-state index in [0.29, 0.717) is 0 Å². The number of pyridine rings is 1. The second-order valence-electron chi connectivity index (χ2n) is 6.15. The van der Waals surface area contributed by atoms with Gasteiger partial charge in [0.2, 0.25) is 5.95 Å². The second kappa shape index (κ2) is 6.91. The molecule has 122 valence electrons. The zero-order chi connectivity index (χ0) is 16.2. The van der Waals surface area contributed by atoms with Gasteiger partial charge in [0, 0.05) is 64.8 Å². The Balaban J connectivity index is 1.63. The maximum Gasteiger partial charge on any atom is 0.227 e. The van der Waals surface area contributed by atoms with Gasteiger partial charge in [0.1, 0.15) is 5.82 Å². The van der Waals surface area contributed by atoms with Crippen LogP contribution in [0.1, 0.15) is 11.4 Å². The van der Waals surface area contributed by atoms with E-state index in [4.69, 9.17) is 0 Å². The van der Waals surface area contributed by atoms with Gasteiger partial charge >= 0.3 is 0 Å². The summed E-state index contributed by atoms with van der Waals surface area (Å²) < 4.78 is 0. The topological polar surface area (TPSA) is 48.4 Å². The summed E-state index contributed by atoms with van der Waals surface area (Å²) in [5.74, 6) is 1.80. The molecule has 2 aromatic heterocycles. The first-order valence-corrected chi connectivity index (χ1v) is 8.02. The quantitative estimate of drug-likeness (QED) is 0.854. The fourth-order valence-corrected chi connectivity index (χ4v) is 2.73. The van der Waals surface area contributed by atoms with Crippen LogP contribution in [0.5, 0.6) is 0 Å². The average molecular weight is 312 g/mol. The molecule has 0 aliphatic carbocycles. The van der Waals surface area contributed by atoms with Gasteiger partial charge in [0.05, 0.1) is 5.69 Å². The summed E-state index contributed by atoms with van der Waals surface area (Å²) in [4.78, 5) is 20.4. The van der Waals surface area contributed by atoms with E-state index in [-0.39, 0.29) is 0 Å². The monoisotopic (exact) mass is 312 g/mol. The Morgan fingerprint density at radius 2 is 1.87 bits per heavy atom. The van der Waals surface area contributed by atoms with Crippen molar-refractivity contribution in [2.24, 2.45) is 0 Å². The number of hydrogen-bond donors (Lipinski definition) is 0. The minimum absolute atomic E-state index is 0.839. The van der Waals surface area contributed by atoms with Gasteiger partial charge in [-0.25, -0.2) is 4.98 Å². The van der Waals surface area contributed by atoms with E-state index in [1.807, 2.05) is 50.3 Å². The Morgan fingerprint density at radius 3 is 2.52 bits per heavy atom. The Kier molecular flexibility index (Phi) is 4.71. The summed E-state index contributed by atoms with van der Waals surface area (Å²) in [7, 11) is 4.02. The van der Waals surface area contributed by atoms with E-state index in [9.17, 15) is 0 Å². The largest absolute Gasteiger partial charge is 0.363 e. The third kappa shape index (κ3) is 3.96. The van der Waals surface area contributed by atoms with Crippen LogP contribution in [0.4, 0.5) is 11.8 Å². The summed E-state index contributed by atoms with van der Waals surface area (Å²) in [5.41, 5.74) is 2.14. The molecule has 1 aliphatic heterocycles. The smallest absolute Gasteiger partial charge is 0.227 e. The predicted molar refractivity (Wildman–Crippen MR) is 92.8 cm³/mol. The number of piperazine rings is 1. The van der Waals surface area contributed by atoms with Crippen LogP contribution in [0, 0.1) is 6.92 Å². The number of anilines is 2. The van der Waals surface area contributed by atoms with Crippen molar-refractivity contribution in [2.45, 2.75) is 13.5 Å². The van der Waals surface area contributed by atoms with Crippen LogP contribution in [-0.2, 0) is 6.54 Å². The minimum atomic E-state index is 0.839. The zero-order valence-electron chi connectivity index (χ0n) is 14.1.